The molecule has 1 aromatic heterocycles. The number of hydrogen-bond donors (Lipinski definition) is 1. The summed E-state index contributed by atoms with van der Waals surface area (Å²) in [6.45, 7) is 6.15. The number of nitro groups is 1. The Hall–Kier alpha value is -3.00. The maximum absolute atomic E-state index is 12.9. The molecule has 1 atom stereocenters. The molecule has 1 aromatic carbocycles. The van der Waals surface area contributed by atoms with Gasteiger partial charge >= 0.3 is 0 Å². The van der Waals surface area contributed by atoms with Crippen molar-refractivity contribution in [2.75, 3.05) is 19.6 Å². The summed E-state index contributed by atoms with van der Waals surface area (Å²) in [4.78, 5) is 25.0. The second-order valence-electron chi connectivity index (χ2n) is 6.58. The number of nitrogens with one attached hydrogen (secondary N) is 1. The van der Waals surface area contributed by atoms with E-state index in [0.29, 0.717) is 17.8 Å². The van der Waals surface area contributed by atoms with Crippen LogP contribution in [-0.2, 0) is 6.54 Å². The van der Waals surface area contributed by atoms with Crippen LogP contribution in [0.15, 0.2) is 49.2 Å². The molecule has 0 bridgehead atoms. The summed E-state index contributed by atoms with van der Waals surface area (Å²) < 4.78 is 1.85. The minimum Gasteiger partial charge on any atom is -0.329 e. The number of rotatable bonds is 7. The first-order valence-corrected chi connectivity index (χ1v) is 8.98. The van der Waals surface area contributed by atoms with E-state index >= 15 is 0 Å². The fourth-order valence-corrected chi connectivity index (χ4v) is 3.24. The summed E-state index contributed by atoms with van der Waals surface area (Å²) in [5.74, 6) is -0.219. The Balaban J connectivity index is 1.75. The van der Waals surface area contributed by atoms with E-state index in [1.54, 1.807) is 29.2 Å². The molecule has 1 N–H and O–H groups in total. The lowest BCUT2D eigenvalue weighted by molar-refractivity contribution is -0.384. The predicted octanol–water partition coefficient (Wildman–Crippen LogP) is 2.54. The third-order valence-electron chi connectivity index (χ3n) is 4.60. The second kappa shape index (κ2) is 8.59. The molecule has 0 aliphatic carbocycles. The van der Waals surface area contributed by atoms with Gasteiger partial charge in [-0.3, -0.25) is 19.6 Å². The van der Waals surface area contributed by atoms with Gasteiger partial charge in [0.15, 0.2) is 0 Å². The van der Waals surface area contributed by atoms with Gasteiger partial charge in [-0.15, -0.1) is 6.58 Å². The maximum atomic E-state index is 12.9. The number of benzene rings is 1. The Bertz CT molecular complexity index is 826. The quantitative estimate of drug-likeness (QED) is 0.460. The lowest BCUT2D eigenvalue weighted by Crippen LogP contribution is -2.33. The van der Waals surface area contributed by atoms with Crippen molar-refractivity contribution in [1.29, 1.82) is 0 Å². The summed E-state index contributed by atoms with van der Waals surface area (Å²) in [5.41, 5.74) is 1.07. The molecule has 27 heavy (non-hydrogen) atoms. The van der Waals surface area contributed by atoms with Crippen LogP contribution in [0.4, 0.5) is 5.69 Å². The fraction of sp³-hybridized carbons (Fsp3) is 0.368. The number of hydrogen-bond acceptors (Lipinski definition) is 5. The molecular formula is C19H23N5O3. The molecule has 2 heterocycles. The van der Waals surface area contributed by atoms with Gasteiger partial charge in [-0.1, -0.05) is 18.2 Å². The van der Waals surface area contributed by atoms with Gasteiger partial charge in [0.1, 0.15) is 5.69 Å². The number of carbonyl (C=O) groups is 1. The van der Waals surface area contributed by atoms with Crippen LogP contribution in [0, 0.1) is 10.1 Å². The molecule has 3 rings (SSSR count). The van der Waals surface area contributed by atoms with E-state index in [4.69, 9.17) is 0 Å². The van der Waals surface area contributed by atoms with E-state index < -0.39 is 4.92 Å². The number of piperidine rings is 1. The van der Waals surface area contributed by atoms with Gasteiger partial charge in [-0.25, -0.2) is 0 Å². The van der Waals surface area contributed by atoms with Gasteiger partial charge in [-0.2, -0.15) is 5.10 Å². The van der Waals surface area contributed by atoms with Gasteiger partial charge in [0, 0.05) is 38.0 Å². The maximum Gasteiger partial charge on any atom is 0.274 e. The highest BCUT2D eigenvalue weighted by atomic mass is 16.6. The van der Waals surface area contributed by atoms with Crippen LogP contribution >= 0.6 is 0 Å². The Kier molecular flexibility index (Phi) is 5.97. The molecule has 1 amide bonds. The predicted molar refractivity (Wildman–Crippen MR) is 101 cm³/mol. The number of carbonyl (C=O) groups excluding carboxylic acids is 1. The molecule has 1 fully saturated rings. The SMILES string of the molecule is C=CCN(Cc1cccc([N+](=O)[O-])c1)C(=O)c1ccn(C2CCCNC2)n1. The Morgan fingerprint density at radius 2 is 2.33 bits per heavy atom. The highest BCUT2D eigenvalue weighted by Gasteiger charge is 2.21. The molecule has 0 saturated carbocycles. The zero-order chi connectivity index (χ0) is 19.2. The largest absolute Gasteiger partial charge is 0.329 e. The van der Waals surface area contributed by atoms with Crippen LogP contribution in [0.5, 0.6) is 0 Å². The first kappa shape index (κ1) is 18.8. The molecule has 2 aromatic rings. The number of non-ortho nitro benzene ring substituents is 1. The molecule has 1 aliphatic heterocycles. The van der Waals surface area contributed by atoms with Crippen LogP contribution < -0.4 is 5.32 Å². The third kappa shape index (κ3) is 4.59. The first-order valence-electron chi connectivity index (χ1n) is 8.98. The molecule has 1 saturated heterocycles. The lowest BCUT2D eigenvalue weighted by atomic mass is 10.1. The third-order valence-corrected chi connectivity index (χ3v) is 4.60. The Morgan fingerprint density at radius 3 is 3.04 bits per heavy atom. The van der Waals surface area contributed by atoms with Crippen molar-refractivity contribution < 1.29 is 9.72 Å². The average Bonchev–Trinajstić information content (AvgIpc) is 3.18. The standard InChI is InChI=1S/C19H23N5O3/c1-2-10-22(14-15-5-3-6-16(12-15)24(26)27)19(25)18-8-11-23(21-18)17-7-4-9-20-13-17/h2-3,5-6,8,11-12,17,20H,1,4,7,9-10,13-14H2. The van der Waals surface area contributed by atoms with Crippen molar-refractivity contribution in [1.82, 2.24) is 20.0 Å². The lowest BCUT2D eigenvalue weighted by Gasteiger charge is -2.23. The minimum atomic E-state index is -0.441. The minimum absolute atomic E-state index is 0.00702. The van der Waals surface area contributed by atoms with Gasteiger partial charge in [0.25, 0.3) is 11.6 Å². The van der Waals surface area contributed by atoms with Crippen molar-refractivity contribution in [3.8, 4) is 0 Å². The number of aromatic nitrogens is 2. The molecule has 1 unspecified atom stereocenters. The van der Waals surface area contributed by atoms with Crippen LogP contribution in [0.2, 0.25) is 0 Å². The zero-order valence-corrected chi connectivity index (χ0v) is 15.1. The summed E-state index contributed by atoms with van der Waals surface area (Å²) in [6, 6.07) is 8.28. The van der Waals surface area contributed by atoms with Crippen molar-refractivity contribution in [3.63, 3.8) is 0 Å². The average molecular weight is 369 g/mol. The highest BCUT2D eigenvalue weighted by molar-refractivity contribution is 5.92. The normalized spacial score (nSPS) is 16.7. The van der Waals surface area contributed by atoms with Crippen molar-refractivity contribution >= 4 is 11.6 Å². The molecule has 8 nitrogen and oxygen atoms in total. The van der Waals surface area contributed by atoms with Crippen LogP contribution in [-0.4, -0.2) is 45.1 Å². The van der Waals surface area contributed by atoms with E-state index in [1.807, 2.05) is 10.9 Å². The van der Waals surface area contributed by atoms with E-state index in [0.717, 1.165) is 25.9 Å². The van der Waals surface area contributed by atoms with Crippen LogP contribution in [0.25, 0.3) is 0 Å². The molecule has 0 spiro atoms. The monoisotopic (exact) mass is 369 g/mol. The molecular weight excluding hydrogens is 346 g/mol. The van der Waals surface area contributed by atoms with E-state index in [1.165, 1.54) is 12.1 Å². The second-order valence-corrected chi connectivity index (χ2v) is 6.58. The van der Waals surface area contributed by atoms with E-state index in [-0.39, 0.29) is 24.2 Å². The number of nitrogens with zero attached hydrogens (tertiary/aromatic N) is 4. The first-order chi connectivity index (χ1) is 13.1. The molecule has 0 radical (unpaired) electrons. The number of nitro benzene ring substituents is 1. The van der Waals surface area contributed by atoms with Crippen LogP contribution in [0.3, 0.4) is 0 Å². The van der Waals surface area contributed by atoms with Crippen molar-refractivity contribution in [2.24, 2.45) is 0 Å². The zero-order valence-electron chi connectivity index (χ0n) is 15.1. The summed E-state index contributed by atoms with van der Waals surface area (Å²) in [5, 5.41) is 18.8. The number of amides is 1. The molecule has 8 heteroatoms. The topological polar surface area (TPSA) is 93.3 Å². The smallest absolute Gasteiger partial charge is 0.274 e. The summed E-state index contributed by atoms with van der Waals surface area (Å²) in [6.07, 6.45) is 5.59. The summed E-state index contributed by atoms with van der Waals surface area (Å²) >= 11 is 0. The fourth-order valence-electron chi connectivity index (χ4n) is 3.24. The Morgan fingerprint density at radius 1 is 1.48 bits per heavy atom. The van der Waals surface area contributed by atoms with E-state index in [9.17, 15) is 14.9 Å². The Labute approximate surface area is 157 Å². The van der Waals surface area contributed by atoms with Crippen molar-refractivity contribution in [2.45, 2.75) is 25.4 Å². The summed E-state index contributed by atoms with van der Waals surface area (Å²) in [7, 11) is 0. The van der Waals surface area contributed by atoms with Crippen molar-refractivity contribution in [3.05, 3.63) is 70.6 Å². The molecule has 1 aliphatic rings. The van der Waals surface area contributed by atoms with E-state index in [2.05, 4.69) is 17.0 Å². The highest BCUT2D eigenvalue weighted by Crippen LogP contribution is 2.18. The molecule has 142 valence electrons. The van der Waals surface area contributed by atoms with Gasteiger partial charge in [0.05, 0.1) is 11.0 Å². The van der Waals surface area contributed by atoms with Gasteiger partial charge < -0.3 is 10.2 Å². The van der Waals surface area contributed by atoms with Gasteiger partial charge in [0.2, 0.25) is 0 Å². The van der Waals surface area contributed by atoms with Gasteiger partial charge in [-0.05, 0) is 31.0 Å². The van der Waals surface area contributed by atoms with Crippen LogP contribution in [0.1, 0.15) is 34.9 Å².